The van der Waals surface area contributed by atoms with E-state index in [4.69, 9.17) is 9.47 Å². The monoisotopic (exact) mass is 182 g/mol. The largest absolute Gasteiger partial charge is 0.393 e. The molecule has 0 aromatic heterocycles. The van der Waals surface area contributed by atoms with Crippen LogP contribution >= 0.6 is 0 Å². The summed E-state index contributed by atoms with van der Waals surface area (Å²) in [6, 6.07) is 0. The van der Waals surface area contributed by atoms with Crippen LogP contribution in [-0.2, 0) is 9.47 Å². The van der Waals surface area contributed by atoms with Gasteiger partial charge in [-0.2, -0.15) is 0 Å². The molecule has 1 aliphatic carbocycles. The normalized spacial score (nSPS) is 40.7. The fourth-order valence-corrected chi connectivity index (χ4v) is 1.83. The standard InChI is InChI=1S/C10H14O3/c1-9(2)12-8-5-3-4-6-10(8,7-11)13-9/h3-6,8,11H,7H2,1-2H3/t8-,10-/m1/s1. The minimum atomic E-state index is -0.668. The number of aliphatic hydroxyl groups is 1. The number of allylic oxidation sites excluding steroid dienone is 2. The third kappa shape index (κ3) is 1.33. The average Bonchev–Trinajstić information content (AvgIpc) is 2.35. The second-order valence-corrected chi connectivity index (χ2v) is 3.90. The number of aliphatic hydroxyl groups excluding tert-OH is 1. The molecule has 1 fully saturated rings. The predicted octanol–water partition coefficient (Wildman–Crippen LogP) is 0.995. The SMILES string of the molecule is CC1(C)O[C@@H]2C=CC=C[C@]2(CO)O1. The molecule has 1 N–H and O–H groups in total. The summed E-state index contributed by atoms with van der Waals surface area (Å²) in [5.41, 5.74) is -0.668. The maximum absolute atomic E-state index is 9.29. The van der Waals surface area contributed by atoms with Gasteiger partial charge in [0.05, 0.1) is 6.61 Å². The zero-order valence-electron chi connectivity index (χ0n) is 7.86. The van der Waals surface area contributed by atoms with Gasteiger partial charge in [0.15, 0.2) is 5.79 Å². The molecule has 3 nitrogen and oxygen atoms in total. The van der Waals surface area contributed by atoms with Gasteiger partial charge in [0.2, 0.25) is 0 Å². The zero-order valence-corrected chi connectivity index (χ0v) is 7.86. The van der Waals surface area contributed by atoms with Crippen molar-refractivity contribution in [1.82, 2.24) is 0 Å². The molecule has 13 heavy (non-hydrogen) atoms. The molecule has 2 rings (SSSR count). The lowest BCUT2D eigenvalue weighted by atomic mass is 9.93. The number of fused-ring (bicyclic) bond motifs is 1. The van der Waals surface area contributed by atoms with Crippen molar-refractivity contribution < 1.29 is 14.6 Å². The molecule has 0 bridgehead atoms. The summed E-state index contributed by atoms with van der Waals surface area (Å²) in [5.74, 6) is -0.619. The molecule has 0 aromatic rings. The summed E-state index contributed by atoms with van der Waals surface area (Å²) in [4.78, 5) is 0. The molecule has 0 amide bonds. The topological polar surface area (TPSA) is 38.7 Å². The van der Waals surface area contributed by atoms with Gasteiger partial charge >= 0.3 is 0 Å². The summed E-state index contributed by atoms with van der Waals surface area (Å²) in [6.45, 7) is 3.65. The van der Waals surface area contributed by atoms with Gasteiger partial charge < -0.3 is 14.6 Å². The van der Waals surface area contributed by atoms with Crippen LogP contribution in [0.15, 0.2) is 24.3 Å². The van der Waals surface area contributed by atoms with E-state index in [1.54, 1.807) is 0 Å². The second-order valence-electron chi connectivity index (χ2n) is 3.90. The summed E-state index contributed by atoms with van der Waals surface area (Å²) < 4.78 is 11.3. The summed E-state index contributed by atoms with van der Waals surface area (Å²) >= 11 is 0. The summed E-state index contributed by atoms with van der Waals surface area (Å²) in [6.07, 6.45) is 7.37. The highest BCUT2D eigenvalue weighted by atomic mass is 16.8. The average molecular weight is 182 g/mol. The Morgan fingerprint density at radius 3 is 2.77 bits per heavy atom. The van der Waals surface area contributed by atoms with Gasteiger partial charge in [-0.25, -0.2) is 0 Å². The van der Waals surface area contributed by atoms with Gasteiger partial charge in [0, 0.05) is 0 Å². The molecule has 2 atom stereocenters. The minimum absolute atomic E-state index is 0.0536. The first kappa shape index (κ1) is 8.94. The van der Waals surface area contributed by atoms with Crippen LogP contribution in [-0.4, -0.2) is 29.2 Å². The van der Waals surface area contributed by atoms with Gasteiger partial charge in [0.25, 0.3) is 0 Å². The van der Waals surface area contributed by atoms with Crippen molar-refractivity contribution >= 4 is 0 Å². The quantitative estimate of drug-likeness (QED) is 0.657. The van der Waals surface area contributed by atoms with E-state index < -0.39 is 11.4 Å². The maximum atomic E-state index is 9.29. The molecular weight excluding hydrogens is 168 g/mol. The second kappa shape index (κ2) is 2.67. The Balaban J connectivity index is 2.32. The highest BCUT2D eigenvalue weighted by molar-refractivity contribution is 5.25. The number of rotatable bonds is 1. The smallest absolute Gasteiger partial charge is 0.165 e. The molecule has 0 spiro atoms. The lowest BCUT2D eigenvalue weighted by Crippen LogP contribution is -2.42. The highest BCUT2D eigenvalue weighted by Gasteiger charge is 2.50. The Kier molecular flexibility index (Phi) is 1.84. The van der Waals surface area contributed by atoms with Crippen molar-refractivity contribution in [1.29, 1.82) is 0 Å². The molecular formula is C10H14O3. The van der Waals surface area contributed by atoms with Crippen LogP contribution in [0.25, 0.3) is 0 Å². The molecule has 2 aliphatic rings. The molecule has 3 heteroatoms. The highest BCUT2D eigenvalue weighted by Crippen LogP contribution is 2.39. The van der Waals surface area contributed by atoms with Crippen LogP contribution in [0.4, 0.5) is 0 Å². The van der Waals surface area contributed by atoms with Crippen LogP contribution in [0.3, 0.4) is 0 Å². The Morgan fingerprint density at radius 2 is 2.15 bits per heavy atom. The molecule has 0 radical (unpaired) electrons. The van der Waals surface area contributed by atoms with Crippen molar-refractivity contribution in [3.05, 3.63) is 24.3 Å². The third-order valence-corrected chi connectivity index (χ3v) is 2.35. The van der Waals surface area contributed by atoms with E-state index in [1.165, 1.54) is 0 Å². The van der Waals surface area contributed by atoms with E-state index in [-0.39, 0.29) is 12.7 Å². The fourth-order valence-electron chi connectivity index (χ4n) is 1.83. The summed E-state index contributed by atoms with van der Waals surface area (Å²) in [7, 11) is 0. The Hall–Kier alpha value is -0.640. The third-order valence-electron chi connectivity index (χ3n) is 2.35. The van der Waals surface area contributed by atoms with E-state index >= 15 is 0 Å². The molecule has 72 valence electrons. The first-order valence-electron chi connectivity index (χ1n) is 4.43. The first-order valence-corrected chi connectivity index (χ1v) is 4.43. The number of hydrogen-bond acceptors (Lipinski definition) is 3. The lowest BCUT2D eigenvalue weighted by Gasteiger charge is -2.27. The number of hydrogen-bond donors (Lipinski definition) is 1. The van der Waals surface area contributed by atoms with Crippen molar-refractivity contribution in [3.63, 3.8) is 0 Å². The maximum Gasteiger partial charge on any atom is 0.165 e. The molecule has 1 aliphatic heterocycles. The Bertz CT molecular complexity index is 267. The summed E-state index contributed by atoms with van der Waals surface area (Å²) in [5, 5.41) is 9.29. The molecule has 1 saturated heterocycles. The Morgan fingerprint density at radius 1 is 1.38 bits per heavy atom. The van der Waals surface area contributed by atoms with Crippen LogP contribution in [0.2, 0.25) is 0 Å². The van der Waals surface area contributed by atoms with Crippen molar-refractivity contribution in [2.75, 3.05) is 6.61 Å². The van der Waals surface area contributed by atoms with Crippen LogP contribution < -0.4 is 0 Å². The Labute approximate surface area is 77.7 Å². The molecule has 0 saturated carbocycles. The van der Waals surface area contributed by atoms with Gasteiger partial charge in [0.1, 0.15) is 11.7 Å². The lowest BCUT2D eigenvalue weighted by molar-refractivity contribution is -0.159. The van der Waals surface area contributed by atoms with Crippen LogP contribution in [0, 0.1) is 0 Å². The van der Waals surface area contributed by atoms with E-state index in [0.29, 0.717) is 0 Å². The van der Waals surface area contributed by atoms with Gasteiger partial charge in [-0.1, -0.05) is 18.2 Å². The van der Waals surface area contributed by atoms with E-state index in [2.05, 4.69) is 0 Å². The fraction of sp³-hybridized carbons (Fsp3) is 0.600. The predicted molar refractivity (Wildman–Crippen MR) is 48.1 cm³/mol. The van der Waals surface area contributed by atoms with E-state index in [1.807, 2.05) is 38.2 Å². The number of ether oxygens (including phenoxy) is 2. The van der Waals surface area contributed by atoms with Crippen LogP contribution in [0.1, 0.15) is 13.8 Å². The van der Waals surface area contributed by atoms with Gasteiger partial charge in [-0.05, 0) is 19.9 Å². The van der Waals surface area contributed by atoms with E-state index in [9.17, 15) is 5.11 Å². The van der Waals surface area contributed by atoms with Crippen LogP contribution in [0.5, 0.6) is 0 Å². The van der Waals surface area contributed by atoms with Crippen molar-refractivity contribution in [2.24, 2.45) is 0 Å². The zero-order chi connectivity index (χ0) is 9.53. The van der Waals surface area contributed by atoms with Gasteiger partial charge in [-0.15, -0.1) is 0 Å². The van der Waals surface area contributed by atoms with Crippen molar-refractivity contribution in [3.8, 4) is 0 Å². The molecule has 0 aromatic carbocycles. The van der Waals surface area contributed by atoms with E-state index in [0.717, 1.165) is 0 Å². The first-order chi connectivity index (χ1) is 6.08. The van der Waals surface area contributed by atoms with Crippen molar-refractivity contribution in [2.45, 2.75) is 31.3 Å². The minimum Gasteiger partial charge on any atom is -0.393 e. The molecule has 1 heterocycles. The molecule has 0 unspecified atom stereocenters. The van der Waals surface area contributed by atoms with Gasteiger partial charge in [-0.3, -0.25) is 0 Å².